The van der Waals surface area contributed by atoms with Crippen LogP contribution in [0.4, 0.5) is 0 Å². The second kappa shape index (κ2) is 4.74. The molecular formula is C10H10ClNO. The molecule has 0 spiro atoms. The van der Waals surface area contributed by atoms with E-state index in [1.54, 1.807) is 7.11 Å². The molecule has 0 radical (unpaired) electrons. The second-order valence-electron chi connectivity index (χ2n) is 2.65. The van der Waals surface area contributed by atoms with E-state index >= 15 is 0 Å². The Morgan fingerprint density at radius 1 is 1.46 bits per heavy atom. The predicted octanol–water partition coefficient (Wildman–Crippen LogP) is 2.37. The molecule has 3 heteroatoms. The summed E-state index contributed by atoms with van der Waals surface area (Å²) in [6.45, 7) is 0. The zero-order chi connectivity index (χ0) is 9.68. The van der Waals surface area contributed by atoms with Crippen molar-refractivity contribution in [1.82, 2.24) is 0 Å². The number of methoxy groups -OCH3 is 1. The van der Waals surface area contributed by atoms with Crippen LogP contribution in [0.1, 0.15) is 5.56 Å². The van der Waals surface area contributed by atoms with E-state index in [0.29, 0.717) is 6.42 Å². The van der Waals surface area contributed by atoms with Gasteiger partial charge in [-0.1, -0.05) is 12.1 Å². The van der Waals surface area contributed by atoms with Gasteiger partial charge in [0.25, 0.3) is 0 Å². The number of halogens is 1. The summed E-state index contributed by atoms with van der Waals surface area (Å²) >= 11 is 5.68. The third-order valence-electron chi connectivity index (χ3n) is 1.71. The molecule has 0 amide bonds. The molecule has 0 N–H and O–H groups in total. The van der Waals surface area contributed by atoms with Crippen LogP contribution in [-0.2, 0) is 6.42 Å². The van der Waals surface area contributed by atoms with Crippen LogP contribution in [0.3, 0.4) is 0 Å². The van der Waals surface area contributed by atoms with Gasteiger partial charge in [0, 0.05) is 6.42 Å². The lowest BCUT2D eigenvalue weighted by Crippen LogP contribution is -1.98. The number of hydrogen-bond donors (Lipinski definition) is 0. The number of hydrogen-bond acceptors (Lipinski definition) is 2. The highest BCUT2D eigenvalue weighted by Gasteiger charge is 2.03. The number of ether oxygens (including phenoxy) is 1. The molecule has 0 aliphatic heterocycles. The molecule has 1 aromatic rings. The van der Waals surface area contributed by atoms with Crippen molar-refractivity contribution in [2.45, 2.75) is 11.8 Å². The summed E-state index contributed by atoms with van der Waals surface area (Å²) in [5.74, 6) is 0.812. The molecule has 1 unspecified atom stereocenters. The van der Waals surface area contributed by atoms with E-state index in [2.05, 4.69) is 0 Å². The van der Waals surface area contributed by atoms with Crippen molar-refractivity contribution in [1.29, 1.82) is 5.26 Å². The van der Waals surface area contributed by atoms with E-state index in [0.717, 1.165) is 11.3 Å². The van der Waals surface area contributed by atoms with Crippen molar-refractivity contribution in [3.8, 4) is 11.8 Å². The lowest BCUT2D eigenvalue weighted by molar-refractivity contribution is 0.414. The number of nitriles is 1. The van der Waals surface area contributed by atoms with Gasteiger partial charge in [0.2, 0.25) is 0 Å². The smallest absolute Gasteiger partial charge is 0.124 e. The summed E-state index contributed by atoms with van der Waals surface area (Å²) in [6, 6.07) is 9.51. The van der Waals surface area contributed by atoms with Gasteiger partial charge in [-0.2, -0.15) is 5.26 Å². The van der Waals surface area contributed by atoms with E-state index in [9.17, 15) is 0 Å². The maximum Gasteiger partial charge on any atom is 0.124 e. The van der Waals surface area contributed by atoms with Gasteiger partial charge in [0.05, 0.1) is 13.2 Å². The zero-order valence-corrected chi connectivity index (χ0v) is 8.08. The van der Waals surface area contributed by atoms with Crippen LogP contribution in [0.25, 0.3) is 0 Å². The first kappa shape index (κ1) is 9.88. The Morgan fingerprint density at radius 3 is 2.54 bits per heavy atom. The summed E-state index contributed by atoms with van der Waals surface area (Å²) in [4.78, 5) is 0. The highest BCUT2D eigenvalue weighted by atomic mass is 35.5. The molecule has 0 saturated heterocycles. The van der Waals surface area contributed by atoms with Gasteiger partial charge >= 0.3 is 0 Å². The van der Waals surface area contributed by atoms with E-state index < -0.39 is 5.38 Å². The molecule has 1 atom stereocenters. The van der Waals surface area contributed by atoms with Gasteiger partial charge < -0.3 is 4.74 Å². The summed E-state index contributed by atoms with van der Waals surface area (Å²) in [7, 11) is 1.62. The molecule has 13 heavy (non-hydrogen) atoms. The van der Waals surface area contributed by atoms with Crippen LogP contribution in [0.2, 0.25) is 0 Å². The molecular weight excluding hydrogens is 186 g/mol. The molecule has 0 saturated carbocycles. The Bertz CT molecular complexity index is 302. The van der Waals surface area contributed by atoms with Crippen LogP contribution >= 0.6 is 11.6 Å². The fourth-order valence-electron chi connectivity index (χ4n) is 1.01. The SMILES string of the molecule is COc1ccc(CC(Cl)C#N)cc1. The maximum atomic E-state index is 8.49. The van der Waals surface area contributed by atoms with Gasteiger partial charge in [0.15, 0.2) is 0 Å². The molecule has 1 aromatic carbocycles. The van der Waals surface area contributed by atoms with Crippen molar-refractivity contribution in [3.05, 3.63) is 29.8 Å². The quantitative estimate of drug-likeness (QED) is 0.694. The minimum atomic E-state index is -0.451. The van der Waals surface area contributed by atoms with Gasteiger partial charge in [-0.3, -0.25) is 0 Å². The van der Waals surface area contributed by atoms with Crippen LogP contribution in [-0.4, -0.2) is 12.5 Å². The molecule has 0 aromatic heterocycles. The van der Waals surface area contributed by atoms with Crippen molar-refractivity contribution in [3.63, 3.8) is 0 Å². The number of benzene rings is 1. The Hall–Kier alpha value is -1.20. The standard InChI is InChI=1S/C10H10ClNO/c1-13-10-4-2-8(3-5-10)6-9(11)7-12/h2-5,9H,6H2,1H3. The molecule has 68 valence electrons. The first-order valence-corrected chi connectivity index (χ1v) is 4.36. The van der Waals surface area contributed by atoms with Gasteiger partial charge in [-0.05, 0) is 17.7 Å². The summed E-state index contributed by atoms with van der Waals surface area (Å²) in [5.41, 5.74) is 1.04. The first-order chi connectivity index (χ1) is 6.26. The number of rotatable bonds is 3. The molecule has 0 fully saturated rings. The number of nitrogens with zero attached hydrogens (tertiary/aromatic N) is 1. The molecule has 0 bridgehead atoms. The molecule has 0 aliphatic carbocycles. The lowest BCUT2D eigenvalue weighted by Gasteiger charge is -2.02. The van der Waals surface area contributed by atoms with E-state index in [-0.39, 0.29) is 0 Å². The van der Waals surface area contributed by atoms with Crippen molar-refractivity contribution < 1.29 is 4.74 Å². The Labute approximate surface area is 82.7 Å². The normalized spacial score (nSPS) is 11.8. The average Bonchev–Trinajstić information content (AvgIpc) is 2.19. The zero-order valence-electron chi connectivity index (χ0n) is 7.33. The lowest BCUT2D eigenvalue weighted by atomic mass is 10.1. The molecule has 1 rings (SSSR count). The first-order valence-electron chi connectivity index (χ1n) is 3.93. The van der Waals surface area contributed by atoms with Crippen molar-refractivity contribution in [2.75, 3.05) is 7.11 Å². The van der Waals surface area contributed by atoms with Crippen molar-refractivity contribution in [2.24, 2.45) is 0 Å². The highest BCUT2D eigenvalue weighted by Crippen LogP contribution is 2.13. The summed E-state index contributed by atoms with van der Waals surface area (Å²) in [6.07, 6.45) is 0.571. The van der Waals surface area contributed by atoms with Gasteiger partial charge in [0.1, 0.15) is 11.1 Å². The topological polar surface area (TPSA) is 33.0 Å². The Morgan fingerprint density at radius 2 is 2.08 bits per heavy atom. The maximum absolute atomic E-state index is 8.49. The van der Waals surface area contributed by atoms with E-state index in [1.165, 1.54) is 0 Å². The Balaban J connectivity index is 2.65. The summed E-state index contributed by atoms with van der Waals surface area (Å²) in [5, 5.41) is 8.04. The third kappa shape index (κ3) is 2.96. The average molecular weight is 196 g/mol. The largest absolute Gasteiger partial charge is 0.497 e. The molecule has 0 heterocycles. The highest BCUT2D eigenvalue weighted by molar-refractivity contribution is 6.22. The summed E-state index contributed by atoms with van der Waals surface area (Å²) < 4.78 is 5.00. The van der Waals surface area contributed by atoms with E-state index in [4.69, 9.17) is 21.6 Å². The molecule has 0 aliphatic rings. The van der Waals surface area contributed by atoms with Crippen LogP contribution in [0, 0.1) is 11.3 Å². The fraction of sp³-hybridized carbons (Fsp3) is 0.300. The van der Waals surface area contributed by atoms with E-state index in [1.807, 2.05) is 30.3 Å². The van der Waals surface area contributed by atoms with Crippen LogP contribution < -0.4 is 4.74 Å². The van der Waals surface area contributed by atoms with Gasteiger partial charge in [-0.25, -0.2) is 0 Å². The third-order valence-corrected chi connectivity index (χ3v) is 1.97. The van der Waals surface area contributed by atoms with Crippen molar-refractivity contribution >= 4 is 11.6 Å². The van der Waals surface area contributed by atoms with Gasteiger partial charge in [-0.15, -0.1) is 11.6 Å². The number of alkyl halides is 1. The Kier molecular flexibility index (Phi) is 3.60. The predicted molar refractivity (Wildman–Crippen MR) is 52.0 cm³/mol. The van der Waals surface area contributed by atoms with Crippen LogP contribution in [0.15, 0.2) is 24.3 Å². The molecule has 2 nitrogen and oxygen atoms in total. The minimum absolute atomic E-state index is 0.451. The monoisotopic (exact) mass is 195 g/mol. The fourth-order valence-corrected chi connectivity index (χ4v) is 1.19. The second-order valence-corrected chi connectivity index (χ2v) is 3.18. The van der Waals surface area contributed by atoms with Crippen LogP contribution in [0.5, 0.6) is 5.75 Å². The minimum Gasteiger partial charge on any atom is -0.497 e.